The second-order valence-electron chi connectivity index (χ2n) is 1.90. The van der Waals surface area contributed by atoms with Crippen LogP contribution in [0.1, 0.15) is 0 Å². The average molecular weight is 186 g/mol. The molecule has 0 aromatic carbocycles. The number of rotatable bonds is 4. The van der Waals surface area contributed by atoms with Crippen LogP contribution < -0.4 is 0 Å². The number of carboxylic acid groups (broad SMARTS) is 2. The molecule has 0 amide bonds. The summed E-state index contributed by atoms with van der Waals surface area (Å²) in [6.45, 7) is 0. The highest BCUT2D eigenvalue weighted by Gasteiger charge is 2.09. The summed E-state index contributed by atoms with van der Waals surface area (Å²) in [5.74, 6) is -4.31. The largest absolute Gasteiger partial charge is 0.502 e. The molecule has 70 valence electrons. The highest BCUT2D eigenvalue weighted by molar-refractivity contribution is 5.96. The quantitative estimate of drug-likeness (QED) is 0.241. The fraction of sp³-hybridized carbons (Fsp3) is 0. The number of aldehydes is 1. The molecule has 6 heteroatoms. The maximum Gasteiger partial charge on any atom is 0.370 e. The van der Waals surface area contributed by atoms with E-state index in [4.69, 9.17) is 15.3 Å². The Balaban J connectivity index is 4.91. The zero-order chi connectivity index (χ0) is 10.4. The van der Waals surface area contributed by atoms with Gasteiger partial charge in [0, 0.05) is 6.08 Å². The van der Waals surface area contributed by atoms with Crippen LogP contribution in [0.2, 0.25) is 0 Å². The van der Waals surface area contributed by atoms with E-state index in [1.165, 1.54) is 0 Å². The first-order chi connectivity index (χ1) is 5.99. The van der Waals surface area contributed by atoms with E-state index in [0.29, 0.717) is 12.2 Å². The molecule has 0 unspecified atom stereocenters. The van der Waals surface area contributed by atoms with Crippen molar-refractivity contribution >= 4 is 18.2 Å². The molecule has 0 aliphatic carbocycles. The van der Waals surface area contributed by atoms with Crippen LogP contribution in [-0.2, 0) is 14.4 Å². The van der Waals surface area contributed by atoms with Crippen LogP contribution in [0.4, 0.5) is 0 Å². The Labute approximate surface area is 72.4 Å². The molecule has 0 aliphatic rings. The number of aliphatic hydroxyl groups excluding tert-OH is 1. The van der Waals surface area contributed by atoms with E-state index in [1.54, 1.807) is 0 Å². The summed E-state index contributed by atoms with van der Waals surface area (Å²) in [4.78, 5) is 30.2. The zero-order valence-corrected chi connectivity index (χ0v) is 6.30. The van der Waals surface area contributed by atoms with Crippen molar-refractivity contribution in [1.29, 1.82) is 0 Å². The fourth-order valence-electron chi connectivity index (χ4n) is 0.463. The minimum absolute atomic E-state index is 0.176. The Hall–Kier alpha value is -2.11. The lowest BCUT2D eigenvalue weighted by Gasteiger charge is -1.93. The predicted molar refractivity (Wildman–Crippen MR) is 40.1 cm³/mol. The van der Waals surface area contributed by atoms with Crippen molar-refractivity contribution in [3.05, 3.63) is 23.5 Å². The molecule has 0 rings (SSSR count). The fourth-order valence-corrected chi connectivity index (χ4v) is 0.463. The van der Waals surface area contributed by atoms with E-state index in [1.807, 2.05) is 0 Å². The van der Waals surface area contributed by atoms with Crippen LogP contribution in [0.3, 0.4) is 0 Å². The van der Waals surface area contributed by atoms with Crippen LogP contribution in [0.5, 0.6) is 0 Å². The first-order valence-corrected chi connectivity index (χ1v) is 3.01. The molecule has 6 nitrogen and oxygen atoms in total. The minimum Gasteiger partial charge on any atom is -0.502 e. The van der Waals surface area contributed by atoms with E-state index >= 15 is 0 Å². The molecule has 0 radical (unpaired) electrons. The van der Waals surface area contributed by atoms with Crippen molar-refractivity contribution in [3.63, 3.8) is 0 Å². The van der Waals surface area contributed by atoms with Gasteiger partial charge in [-0.1, -0.05) is 0 Å². The predicted octanol–water partition coefficient (Wildman–Crippen LogP) is -0.277. The van der Waals surface area contributed by atoms with Crippen LogP contribution in [-0.4, -0.2) is 33.5 Å². The minimum atomic E-state index is -1.67. The number of hydrogen-bond donors (Lipinski definition) is 3. The smallest absolute Gasteiger partial charge is 0.370 e. The standard InChI is InChI=1S/C7H6O6/c8-2-1-4(6(10)11)3-5(9)7(12)13/h1-3,9H,(H,10,11)(H,12,13)/b4-1-,5-3+. The molecule has 0 bridgehead atoms. The third-order valence-corrected chi connectivity index (χ3v) is 1.01. The van der Waals surface area contributed by atoms with E-state index in [-0.39, 0.29) is 6.29 Å². The van der Waals surface area contributed by atoms with Gasteiger partial charge >= 0.3 is 11.9 Å². The van der Waals surface area contributed by atoms with Gasteiger partial charge in [0.15, 0.2) is 0 Å². The number of carbonyl (C=O) groups excluding carboxylic acids is 1. The molecule has 3 N–H and O–H groups in total. The number of carbonyl (C=O) groups is 3. The molecule has 0 aromatic heterocycles. The van der Waals surface area contributed by atoms with Crippen molar-refractivity contribution in [2.24, 2.45) is 0 Å². The van der Waals surface area contributed by atoms with Gasteiger partial charge in [0.2, 0.25) is 5.76 Å². The Morgan fingerprint density at radius 3 is 1.85 bits per heavy atom. The van der Waals surface area contributed by atoms with Crippen molar-refractivity contribution in [1.82, 2.24) is 0 Å². The molecule has 0 aliphatic heterocycles. The molecule has 0 saturated heterocycles. The molecule has 13 heavy (non-hydrogen) atoms. The number of allylic oxidation sites excluding steroid dienone is 1. The summed E-state index contributed by atoms with van der Waals surface area (Å²) < 4.78 is 0. The van der Waals surface area contributed by atoms with Crippen LogP contribution >= 0.6 is 0 Å². The van der Waals surface area contributed by atoms with Gasteiger partial charge < -0.3 is 15.3 Å². The highest BCUT2D eigenvalue weighted by atomic mass is 16.4. The normalized spacial score (nSPS) is 12.3. The van der Waals surface area contributed by atoms with Gasteiger partial charge in [-0.3, -0.25) is 4.79 Å². The molecule has 0 aromatic rings. The van der Waals surface area contributed by atoms with Gasteiger partial charge in [-0.2, -0.15) is 0 Å². The van der Waals surface area contributed by atoms with Gasteiger partial charge in [-0.25, -0.2) is 9.59 Å². The number of carboxylic acids is 2. The monoisotopic (exact) mass is 186 g/mol. The third-order valence-electron chi connectivity index (χ3n) is 1.01. The molecular formula is C7H6O6. The Bertz CT molecular complexity index is 298. The lowest BCUT2D eigenvalue weighted by atomic mass is 10.2. The summed E-state index contributed by atoms with van der Waals surface area (Å²) in [6, 6.07) is 0. The second kappa shape index (κ2) is 4.70. The maximum absolute atomic E-state index is 10.3. The molecule has 0 fully saturated rings. The van der Waals surface area contributed by atoms with Gasteiger partial charge in [-0.05, 0) is 6.08 Å². The van der Waals surface area contributed by atoms with Gasteiger partial charge in [0.05, 0.1) is 5.57 Å². The summed E-state index contributed by atoms with van der Waals surface area (Å²) in [7, 11) is 0. The van der Waals surface area contributed by atoms with E-state index in [2.05, 4.69) is 0 Å². The highest BCUT2D eigenvalue weighted by Crippen LogP contribution is 2.00. The van der Waals surface area contributed by atoms with Gasteiger partial charge in [0.25, 0.3) is 0 Å². The summed E-state index contributed by atoms with van der Waals surface area (Å²) in [5.41, 5.74) is -0.602. The first kappa shape index (κ1) is 10.9. The van der Waals surface area contributed by atoms with Crippen molar-refractivity contribution in [2.45, 2.75) is 0 Å². The van der Waals surface area contributed by atoms with Crippen molar-refractivity contribution in [3.8, 4) is 0 Å². The Morgan fingerprint density at radius 2 is 1.54 bits per heavy atom. The van der Waals surface area contributed by atoms with E-state index < -0.39 is 23.3 Å². The number of hydrogen-bond acceptors (Lipinski definition) is 4. The van der Waals surface area contributed by atoms with Gasteiger partial charge in [-0.15, -0.1) is 0 Å². The number of aliphatic carboxylic acids is 2. The summed E-state index contributed by atoms with van der Waals surface area (Å²) >= 11 is 0. The lowest BCUT2D eigenvalue weighted by molar-refractivity contribution is -0.135. The summed E-state index contributed by atoms with van der Waals surface area (Å²) in [6.07, 6.45) is 1.27. The van der Waals surface area contributed by atoms with Gasteiger partial charge in [0.1, 0.15) is 6.29 Å². The van der Waals surface area contributed by atoms with Crippen LogP contribution in [0, 0.1) is 0 Å². The molecule has 0 saturated carbocycles. The first-order valence-electron chi connectivity index (χ1n) is 3.01. The third kappa shape index (κ3) is 3.71. The average Bonchev–Trinajstić information content (AvgIpc) is 2.03. The Morgan fingerprint density at radius 1 is 1.00 bits per heavy atom. The van der Waals surface area contributed by atoms with Crippen molar-refractivity contribution < 1.29 is 29.7 Å². The number of aliphatic hydroxyl groups is 1. The molecular weight excluding hydrogens is 180 g/mol. The van der Waals surface area contributed by atoms with Crippen LogP contribution in [0.15, 0.2) is 23.5 Å². The topological polar surface area (TPSA) is 112 Å². The van der Waals surface area contributed by atoms with Crippen LogP contribution in [0.25, 0.3) is 0 Å². The maximum atomic E-state index is 10.3. The zero-order valence-electron chi connectivity index (χ0n) is 6.30. The van der Waals surface area contributed by atoms with E-state index in [9.17, 15) is 14.4 Å². The molecule has 0 atom stereocenters. The second-order valence-corrected chi connectivity index (χ2v) is 1.90. The Kier molecular flexibility index (Phi) is 3.94. The molecule has 0 heterocycles. The summed E-state index contributed by atoms with van der Waals surface area (Å²) in [5, 5.41) is 25.1. The SMILES string of the molecule is O=C/C=C(/C=C(/O)C(=O)O)C(=O)O. The van der Waals surface area contributed by atoms with E-state index in [0.717, 1.165) is 0 Å². The lowest BCUT2D eigenvalue weighted by Crippen LogP contribution is -2.04. The molecule has 0 spiro atoms. The van der Waals surface area contributed by atoms with Crippen molar-refractivity contribution in [2.75, 3.05) is 0 Å².